The number of para-hydroxylation sites is 1. The molecular formula is C29H41N3O4. The molecule has 2 aromatic carbocycles. The fourth-order valence-corrected chi connectivity index (χ4v) is 3.99. The number of carbonyl (C=O) groups is 3. The Balaban J connectivity index is 2.48. The third-order valence-electron chi connectivity index (χ3n) is 5.55. The molecule has 0 aromatic heterocycles. The van der Waals surface area contributed by atoms with Crippen molar-refractivity contribution in [3.8, 4) is 0 Å². The van der Waals surface area contributed by atoms with Crippen LogP contribution in [0.1, 0.15) is 72.1 Å². The van der Waals surface area contributed by atoms with Crippen LogP contribution in [-0.4, -0.2) is 40.5 Å². The average molecular weight is 496 g/mol. The van der Waals surface area contributed by atoms with Crippen LogP contribution in [-0.2, 0) is 14.3 Å². The Morgan fingerprint density at radius 2 is 1.50 bits per heavy atom. The first kappa shape index (κ1) is 28.9. The highest BCUT2D eigenvalue weighted by molar-refractivity contribution is 5.99. The van der Waals surface area contributed by atoms with Crippen LogP contribution in [0.5, 0.6) is 0 Å². The van der Waals surface area contributed by atoms with Crippen LogP contribution >= 0.6 is 0 Å². The highest BCUT2D eigenvalue weighted by atomic mass is 16.6. The number of anilines is 1. The van der Waals surface area contributed by atoms with Crippen molar-refractivity contribution in [2.24, 2.45) is 5.92 Å². The monoisotopic (exact) mass is 495 g/mol. The Bertz CT molecular complexity index is 1030. The zero-order valence-electron chi connectivity index (χ0n) is 22.8. The van der Waals surface area contributed by atoms with E-state index in [9.17, 15) is 14.4 Å². The number of ether oxygens (including phenoxy) is 1. The molecule has 0 saturated carbocycles. The molecule has 0 aliphatic carbocycles. The summed E-state index contributed by atoms with van der Waals surface area (Å²) in [5.41, 5.74) is 1.59. The molecule has 0 saturated heterocycles. The van der Waals surface area contributed by atoms with Crippen LogP contribution in [0.25, 0.3) is 0 Å². The second-order valence-corrected chi connectivity index (χ2v) is 10.8. The highest BCUT2D eigenvalue weighted by Gasteiger charge is 2.38. The summed E-state index contributed by atoms with van der Waals surface area (Å²) in [7, 11) is 0. The minimum Gasteiger partial charge on any atom is -0.444 e. The summed E-state index contributed by atoms with van der Waals surface area (Å²) in [5, 5.41) is 5.77. The molecule has 2 rings (SSSR count). The second-order valence-electron chi connectivity index (χ2n) is 10.8. The van der Waals surface area contributed by atoms with E-state index in [2.05, 4.69) is 10.6 Å². The van der Waals surface area contributed by atoms with Crippen molar-refractivity contribution in [1.29, 1.82) is 0 Å². The smallest absolute Gasteiger partial charge is 0.408 e. The lowest BCUT2D eigenvalue weighted by molar-refractivity contribution is -0.143. The quantitative estimate of drug-likeness (QED) is 0.457. The Labute approximate surface area is 215 Å². The summed E-state index contributed by atoms with van der Waals surface area (Å²) in [6.45, 7) is 14.9. The number of alkyl carbamates (subject to hydrolysis) is 1. The average Bonchev–Trinajstić information content (AvgIpc) is 2.76. The predicted octanol–water partition coefficient (Wildman–Crippen LogP) is 5.85. The maximum absolute atomic E-state index is 14.0. The molecular weight excluding hydrogens is 454 g/mol. The van der Waals surface area contributed by atoms with Crippen molar-refractivity contribution < 1.29 is 19.1 Å². The van der Waals surface area contributed by atoms with E-state index in [-0.39, 0.29) is 23.8 Å². The normalized spacial score (nSPS) is 13.2. The molecule has 0 bridgehead atoms. The summed E-state index contributed by atoms with van der Waals surface area (Å²) in [6.07, 6.45) is -0.256. The topological polar surface area (TPSA) is 87.7 Å². The largest absolute Gasteiger partial charge is 0.444 e. The molecule has 2 aromatic rings. The van der Waals surface area contributed by atoms with Crippen molar-refractivity contribution in [1.82, 2.24) is 10.2 Å². The first-order valence-electron chi connectivity index (χ1n) is 12.5. The van der Waals surface area contributed by atoms with Crippen LogP contribution in [0.3, 0.4) is 0 Å². The summed E-state index contributed by atoms with van der Waals surface area (Å²) in [6, 6.07) is 14.7. The third kappa shape index (κ3) is 8.40. The minimum atomic E-state index is -0.895. The van der Waals surface area contributed by atoms with E-state index in [1.165, 1.54) is 0 Å². The number of hydrogen-bond donors (Lipinski definition) is 2. The molecule has 7 nitrogen and oxygen atoms in total. The van der Waals surface area contributed by atoms with Crippen molar-refractivity contribution in [2.45, 2.75) is 85.5 Å². The molecule has 0 fully saturated rings. The second kappa shape index (κ2) is 12.6. The Morgan fingerprint density at radius 3 is 2.03 bits per heavy atom. The lowest BCUT2D eigenvalue weighted by Gasteiger charge is -2.37. The van der Waals surface area contributed by atoms with E-state index in [0.717, 1.165) is 5.56 Å². The van der Waals surface area contributed by atoms with Gasteiger partial charge in [-0.1, -0.05) is 62.4 Å². The number of nitrogens with one attached hydrogen (secondary N) is 2. The lowest BCUT2D eigenvalue weighted by atomic mass is 9.98. The van der Waals surface area contributed by atoms with Crippen LogP contribution in [0.4, 0.5) is 10.5 Å². The van der Waals surface area contributed by atoms with Gasteiger partial charge in [0.2, 0.25) is 5.91 Å². The lowest BCUT2D eigenvalue weighted by Crippen LogP contribution is -2.54. The fraction of sp³-hybridized carbons (Fsp3) is 0.483. The molecule has 2 atom stereocenters. The molecule has 2 unspecified atom stereocenters. The SMILES string of the molecule is Cc1ccccc1NC(=O)C(c1ccccc1)N(C(=O)C(CC(C)C)NC(=O)OC(C)(C)C)C(C)C. The van der Waals surface area contributed by atoms with Gasteiger partial charge >= 0.3 is 6.09 Å². The van der Waals surface area contributed by atoms with E-state index in [1.807, 2.05) is 89.2 Å². The van der Waals surface area contributed by atoms with E-state index in [4.69, 9.17) is 4.74 Å². The third-order valence-corrected chi connectivity index (χ3v) is 5.55. The number of carbonyl (C=O) groups excluding carboxylic acids is 3. The van der Waals surface area contributed by atoms with Gasteiger partial charge < -0.3 is 20.3 Å². The van der Waals surface area contributed by atoms with Gasteiger partial charge in [-0.3, -0.25) is 9.59 Å². The van der Waals surface area contributed by atoms with E-state index in [1.54, 1.807) is 25.7 Å². The molecule has 0 aliphatic rings. The van der Waals surface area contributed by atoms with Crippen molar-refractivity contribution in [3.63, 3.8) is 0 Å². The molecule has 0 aliphatic heterocycles. The Kier molecular flexibility index (Phi) is 10.1. The zero-order chi connectivity index (χ0) is 27.0. The minimum absolute atomic E-state index is 0.124. The van der Waals surface area contributed by atoms with Gasteiger partial charge in [0, 0.05) is 11.7 Å². The van der Waals surface area contributed by atoms with Gasteiger partial charge in [0.25, 0.3) is 5.91 Å². The Hall–Kier alpha value is -3.35. The number of rotatable bonds is 9. The van der Waals surface area contributed by atoms with Crippen LogP contribution in [0, 0.1) is 12.8 Å². The van der Waals surface area contributed by atoms with Crippen LogP contribution in [0.15, 0.2) is 54.6 Å². The predicted molar refractivity (Wildman–Crippen MR) is 144 cm³/mol. The van der Waals surface area contributed by atoms with Crippen molar-refractivity contribution in [3.05, 3.63) is 65.7 Å². The number of hydrogen-bond acceptors (Lipinski definition) is 4. The summed E-state index contributed by atoms with van der Waals surface area (Å²) in [5.74, 6) is -0.532. The zero-order valence-corrected chi connectivity index (χ0v) is 22.8. The van der Waals surface area contributed by atoms with Gasteiger partial charge in [-0.25, -0.2) is 4.79 Å². The molecule has 0 radical (unpaired) electrons. The van der Waals surface area contributed by atoms with Crippen molar-refractivity contribution in [2.75, 3.05) is 5.32 Å². The van der Waals surface area contributed by atoms with Gasteiger partial charge in [-0.2, -0.15) is 0 Å². The van der Waals surface area contributed by atoms with Gasteiger partial charge in [-0.15, -0.1) is 0 Å². The molecule has 3 amide bonds. The van der Waals surface area contributed by atoms with Crippen molar-refractivity contribution >= 4 is 23.6 Å². The van der Waals surface area contributed by atoms with E-state index < -0.39 is 23.8 Å². The molecule has 0 spiro atoms. The first-order chi connectivity index (χ1) is 16.8. The van der Waals surface area contributed by atoms with E-state index >= 15 is 0 Å². The van der Waals surface area contributed by atoms with Gasteiger partial charge in [0.15, 0.2) is 0 Å². The van der Waals surface area contributed by atoms with Gasteiger partial charge in [-0.05, 0) is 71.1 Å². The van der Waals surface area contributed by atoms with E-state index in [0.29, 0.717) is 17.7 Å². The van der Waals surface area contributed by atoms with Crippen LogP contribution in [0.2, 0.25) is 0 Å². The first-order valence-corrected chi connectivity index (χ1v) is 12.5. The maximum Gasteiger partial charge on any atom is 0.408 e. The van der Waals surface area contributed by atoms with Crippen LogP contribution < -0.4 is 10.6 Å². The van der Waals surface area contributed by atoms with Gasteiger partial charge in [0.1, 0.15) is 17.7 Å². The number of nitrogens with zero attached hydrogens (tertiary/aromatic N) is 1. The molecule has 2 N–H and O–H groups in total. The Morgan fingerprint density at radius 1 is 0.917 bits per heavy atom. The van der Waals surface area contributed by atoms with Gasteiger partial charge in [0.05, 0.1) is 0 Å². The molecule has 7 heteroatoms. The summed E-state index contributed by atoms with van der Waals surface area (Å²) >= 11 is 0. The summed E-state index contributed by atoms with van der Waals surface area (Å²) < 4.78 is 5.42. The fourth-order valence-electron chi connectivity index (χ4n) is 3.99. The molecule has 0 heterocycles. The number of aryl methyl sites for hydroxylation is 1. The highest BCUT2D eigenvalue weighted by Crippen LogP contribution is 2.28. The molecule has 36 heavy (non-hydrogen) atoms. The number of amides is 3. The molecule has 196 valence electrons. The standard InChI is InChI=1S/C29H41N3O4/c1-19(2)18-24(31-28(35)36-29(6,7)8)27(34)32(20(3)4)25(22-15-10-9-11-16-22)26(33)30-23-17-13-12-14-21(23)5/h9-17,19-20,24-25H,18H2,1-8H3,(H,30,33)(H,31,35). The maximum atomic E-state index is 14.0. The summed E-state index contributed by atoms with van der Waals surface area (Å²) in [4.78, 5) is 42.0. The number of benzene rings is 2.